The monoisotopic (exact) mass is 272 g/mol. The molecular weight excluding hydrogens is 256 g/mol. The summed E-state index contributed by atoms with van der Waals surface area (Å²) >= 11 is 3.33. The standard InChI is InChI=1S/C11H17BrN2O/c1-2-8-3-5-9(6-4-8)11-13-10(7-12)14-15-11/h8-9H,2-7H2,1H3. The highest BCUT2D eigenvalue weighted by atomic mass is 79.9. The molecule has 1 heterocycles. The van der Waals surface area contributed by atoms with Gasteiger partial charge in [-0.3, -0.25) is 0 Å². The van der Waals surface area contributed by atoms with Gasteiger partial charge in [0, 0.05) is 5.92 Å². The molecule has 1 aliphatic carbocycles. The van der Waals surface area contributed by atoms with E-state index < -0.39 is 0 Å². The molecule has 3 nitrogen and oxygen atoms in total. The second kappa shape index (κ2) is 5.10. The number of halogens is 1. The van der Waals surface area contributed by atoms with Crippen molar-refractivity contribution in [3.8, 4) is 0 Å². The third kappa shape index (κ3) is 2.60. The van der Waals surface area contributed by atoms with Crippen LogP contribution in [-0.4, -0.2) is 10.1 Å². The Morgan fingerprint density at radius 3 is 2.60 bits per heavy atom. The first kappa shape index (κ1) is 11.1. The zero-order chi connectivity index (χ0) is 10.7. The highest BCUT2D eigenvalue weighted by Gasteiger charge is 2.25. The molecule has 84 valence electrons. The zero-order valence-electron chi connectivity index (χ0n) is 9.08. The van der Waals surface area contributed by atoms with Gasteiger partial charge >= 0.3 is 0 Å². The molecule has 1 aromatic heterocycles. The summed E-state index contributed by atoms with van der Waals surface area (Å²) in [7, 11) is 0. The van der Waals surface area contributed by atoms with Crippen LogP contribution in [0.25, 0.3) is 0 Å². The molecular formula is C11H17BrN2O. The number of hydrogen-bond acceptors (Lipinski definition) is 3. The molecule has 0 amide bonds. The van der Waals surface area contributed by atoms with Gasteiger partial charge in [-0.05, 0) is 31.6 Å². The summed E-state index contributed by atoms with van der Waals surface area (Å²) in [4.78, 5) is 4.38. The SMILES string of the molecule is CCC1CCC(c2nc(CBr)no2)CC1. The molecule has 15 heavy (non-hydrogen) atoms. The second-order valence-electron chi connectivity index (χ2n) is 4.31. The van der Waals surface area contributed by atoms with Crippen LogP contribution in [0.2, 0.25) is 0 Å². The smallest absolute Gasteiger partial charge is 0.229 e. The Hall–Kier alpha value is -0.380. The van der Waals surface area contributed by atoms with Gasteiger partial charge in [-0.1, -0.05) is 34.4 Å². The van der Waals surface area contributed by atoms with Crippen molar-refractivity contribution in [3.05, 3.63) is 11.7 Å². The molecule has 0 aromatic carbocycles. The van der Waals surface area contributed by atoms with E-state index in [1.165, 1.54) is 32.1 Å². The van der Waals surface area contributed by atoms with Crippen LogP contribution >= 0.6 is 15.9 Å². The van der Waals surface area contributed by atoms with Crippen LogP contribution in [-0.2, 0) is 5.33 Å². The molecule has 0 radical (unpaired) electrons. The molecule has 0 unspecified atom stereocenters. The van der Waals surface area contributed by atoms with Crippen LogP contribution in [0.1, 0.15) is 56.7 Å². The van der Waals surface area contributed by atoms with Gasteiger partial charge in [-0.25, -0.2) is 0 Å². The lowest BCUT2D eigenvalue weighted by Gasteiger charge is -2.25. The van der Waals surface area contributed by atoms with Crippen molar-refractivity contribution in [2.75, 3.05) is 0 Å². The summed E-state index contributed by atoms with van der Waals surface area (Å²) in [6.45, 7) is 2.28. The number of rotatable bonds is 3. The van der Waals surface area contributed by atoms with Gasteiger partial charge in [0.15, 0.2) is 5.82 Å². The van der Waals surface area contributed by atoms with E-state index in [1.54, 1.807) is 0 Å². The molecule has 0 saturated heterocycles. The molecule has 0 aliphatic heterocycles. The van der Waals surface area contributed by atoms with Crippen molar-refractivity contribution >= 4 is 15.9 Å². The van der Waals surface area contributed by atoms with Gasteiger partial charge in [0.05, 0.1) is 5.33 Å². The minimum atomic E-state index is 0.507. The third-order valence-electron chi connectivity index (χ3n) is 3.38. The van der Waals surface area contributed by atoms with Crippen molar-refractivity contribution in [2.24, 2.45) is 5.92 Å². The Balaban J connectivity index is 1.95. The van der Waals surface area contributed by atoms with E-state index in [0.29, 0.717) is 11.2 Å². The number of nitrogens with zero attached hydrogens (tertiary/aromatic N) is 2. The second-order valence-corrected chi connectivity index (χ2v) is 4.87. The topological polar surface area (TPSA) is 38.9 Å². The highest BCUT2D eigenvalue weighted by Crippen LogP contribution is 2.36. The van der Waals surface area contributed by atoms with Gasteiger partial charge < -0.3 is 4.52 Å². The lowest BCUT2D eigenvalue weighted by molar-refractivity contribution is 0.267. The molecule has 0 atom stereocenters. The fourth-order valence-corrected chi connectivity index (χ4v) is 2.53. The Morgan fingerprint density at radius 2 is 2.07 bits per heavy atom. The highest BCUT2D eigenvalue weighted by molar-refractivity contribution is 9.08. The van der Waals surface area contributed by atoms with E-state index in [2.05, 4.69) is 33.0 Å². The van der Waals surface area contributed by atoms with E-state index in [4.69, 9.17) is 4.52 Å². The fourth-order valence-electron chi connectivity index (χ4n) is 2.31. The lowest BCUT2D eigenvalue weighted by Crippen LogP contribution is -2.12. The van der Waals surface area contributed by atoms with Crippen molar-refractivity contribution < 1.29 is 4.52 Å². The Morgan fingerprint density at radius 1 is 1.33 bits per heavy atom. The molecule has 2 rings (SSSR count). The van der Waals surface area contributed by atoms with E-state index in [-0.39, 0.29) is 0 Å². The van der Waals surface area contributed by atoms with Crippen LogP contribution in [0.3, 0.4) is 0 Å². The van der Waals surface area contributed by atoms with Crippen LogP contribution in [0.5, 0.6) is 0 Å². The molecule has 1 saturated carbocycles. The van der Waals surface area contributed by atoms with Crippen molar-refractivity contribution in [1.82, 2.24) is 10.1 Å². The third-order valence-corrected chi connectivity index (χ3v) is 3.88. The molecule has 0 bridgehead atoms. The van der Waals surface area contributed by atoms with Crippen LogP contribution < -0.4 is 0 Å². The van der Waals surface area contributed by atoms with E-state index in [1.807, 2.05) is 0 Å². The van der Waals surface area contributed by atoms with E-state index in [0.717, 1.165) is 17.6 Å². The molecule has 1 fully saturated rings. The van der Waals surface area contributed by atoms with Crippen LogP contribution in [0, 0.1) is 5.92 Å². The first-order valence-electron chi connectivity index (χ1n) is 5.72. The Bertz CT molecular complexity index is 305. The molecule has 4 heteroatoms. The van der Waals surface area contributed by atoms with Crippen molar-refractivity contribution in [3.63, 3.8) is 0 Å². The normalized spacial score (nSPS) is 26.8. The minimum absolute atomic E-state index is 0.507. The number of alkyl halides is 1. The predicted molar refractivity (Wildman–Crippen MR) is 61.9 cm³/mol. The molecule has 1 aliphatic rings. The Labute approximate surface area is 98.8 Å². The fraction of sp³-hybridized carbons (Fsp3) is 0.818. The summed E-state index contributed by atoms with van der Waals surface area (Å²) < 4.78 is 5.27. The van der Waals surface area contributed by atoms with Crippen LogP contribution in [0.4, 0.5) is 0 Å². The largest absolute Gasteiger partial charge is 0.339 e. The molecule has 0 N–H and O–H groups in total. The molecule has 0 spiro atoms. The average Bonchev–Trinajstić information content (AvgIpc) is 2.78. The van der Waals surface area contributed by atoms with E-state index >= 15 is 0 Å². The maximum atomic E-state index is 5.27. The van der Waals surface area contributed by atoms with Gasteiger partial charge in [-0.15, -0.1) is 0 Å². The van der Waals surface area contributed by atoms with Crippen LogP contribution in [0.15, 0.2) is 4.52 Å². The Kier molecular flexibility index (Phi) is 3.78. The summed E-state index contributed by atoms with van der Waals surface area (Å²) in [6, 6.07) is 0. The molecule has 1 aromatic rings. The minimum Gasteiger partial charge on any atom is -0.339 e. The summed E-state index contributed by atoms with van der Waals surface area (Å²) in [5, 5.41) is 4.60. The maximum absolute atomic E-state index is 5.27. The summed E-state index contributed by atoms with van der Waals surface area (Å²) in [5.41, 5.74) is 0. The zero-order valence-corrected chi connectivity index (χ0v) is 10.7. The van der Waals surface area contributed by atoms with Gasteiger partial charge in [-0.2, -0.15) is 4.98 Å². The summed E-state index contributed by atoms with van der Waals surface area (Å²) in [6.07, 6.45) is 6.36. The van der Waals surface area contributed by atoms with Crippen molar-refractivity contribution in [2.45, 2.75) is 50.3 Å². The number of aromatic nitrogens is 2. The first-order valence-corrected chi connectivity index (χ1v) is 6.84. The quantitative estimate of drug-likeness (QED) is 0.789. The predicted octanol–water partition coefficient (Wildman–Crippen LogP) is 3.65. The van der Waals surface area contributed by atoms with Gasteiger partial charge in [0.2, 0.25) is 5.89 Å². The lowest BCUT2D eigenvalue weighted by atomic mass is 9.81. The maximum Gasteiger partial charge on any atom is 0.229 e. The van der Waals surface area contributed by atoms with E-state index in [9.17, 15) is 0 Å². The average molecular weight is 273 g/mol. The van der Waals surface area contributed by atoms with Crippen molar-refractivity contribution in [1.29, 1.82) is 0 Å². The first-order chi connectivity index (χ1) is 7.33. The van der Waals surface area contributed by atoms with Gasteiger partial charge in [0.1, 0.15) is 0 Å². The van der Waals surface area contributed by atoms with Gasteiger partial charge in [0.25, 0.3) is 0 Å². The summed E-state index contributed by atoms with van der Waals surface area (Å²) in [5.74, 6) is 3.04. The number of hydrogen-bond donors (Lipinski definition) is 0.